The van der Waals surface area contributed by atoms with Gasteiger partial charge in [0.1, 0.15) is 5.82 Å². The maximum Gasteiger partial charge on any atom is 0.318 e. The number of fused-ring (bicyclic) bond motifs is 4. The van der Waals surface area contributed by atoms with Crippen molar-refractivity contribution in [1.82, 2.24) is 25.0 Å². The molecule has 0 unspecified atom stereocenters. The van der Waals surface area contributed by atoms with Gasteiger partial charge in [0.05, 0.1) is 6.54 Å². The fourth-order valence-electron chi connectivity index (χ4n) is 4.90. The van der Waals surface area contributed by atoms with Gasteiger partial charge in [0.25, 0.3) is 0 Å². The van der Waals surface area contributed by atoms with Crippen LogP contribution in [-0.4, -0.2) is 38.3 Å². The summed E-state index contributed by atoms with van der Waals surface area (Å²) >= 11 is 0. The van der Waals surface area contributed by atoms with Gasteiger partial charge in [-0.05, 0) is 42.2 Å². The summed E-state index contributed by atoms with van der Waals surface area (Å²) in [6.07, 6.45) is 4.79. The van der Waals surface area contributed by atoms with E-state index < -0.39 is 0 Å². The molecule has 134 valence electrons. The molecule has 2 fully saturated rings. The lowest BCUT2D eigenvalue weighted by atomic mass is 10.1. The van der Waals surface area contributed by atoms with E-state index in [1.807, 2.05) is 4.90 Å². The van der Waals surface area contributed by atoms with E-state index in [2.05, 4.69) is 44.3 Å². The molecule has 1 aromatic heterocycles. The molecule has 4 aliphatic rings. The monoisotopic (exact) mass is 349 g/mol. The highest BCUT2D eigenvalue weighted by atomic mass is 16.2. The van der Waals surface area contributed by atoms with Gasteiger partial charge in [-0.3, -0.25) is 0 Å². The summed E-state index contributed by atoms with van der Waals surface area (Å²) in [6.45, 7) is 2.13. The third-order valence-corrected chi connectivity index (χ3v) is 6.61. The van der Waals surface area contributed by atoms with E-state index in [1.54, 1.807) is 0 Å². The fraction of sp³-hybridized carbons (Fsp3) is 0.550. The zero-order chi connectivity index (χ0) is 17.3. The van der Waals surface area contributed by atoms with E-state index in [9.17, 15) is 4.79 Å². The Labute approximate surface area is 152 Å². The quantitative estimate of drug-likeness (QED) is 0.923. The lowest BCUT2D eigenvalue weighted by Gasteiger charge is -2.28. The Bertz CT molecular complexity index is 886. The van der Waals surface area contributed by atoms with Gasteiger partial charge in [0.2, 0.25) is 0 Å². The molecule has 6 nitrogen and oxygen atoms in total. The van der Waals surface area contributed by atoms with E-state index in [0.717, 1.165) is 43.5 Å². The van der Waals surface area contributed by atoms with Crippen LogP contribution < -0.4 is 5.32 Å². The average Bonchev–Trinajstić information content (AvgIpc) is 3.51. The van der Waals surface area contributed by atoms with E-state index >= 15 is 0 Å². The Morgan fingerprint density at radius 1 is 1.19 bits per heavy atom. The van der Waals surface area contributed by atoms with Crippen LogP contribution in [0.1, 0.15) is 41.5 Å². The lowest BCUT2D eigenvalue weighted by Crippen LogP contribution is -2.45. The highest BCUT2D eigenvalue weighted by molar-refractivity contribution is 5.75. The fourth-order valence-corrected chi connectivity index (χ4v) is 4.90. The van der Waals surface area contributed by atoms with E-state index in [4.69, 9.17) is 0 Å². The molecule has 2 saturated carbocycles. The first-order valence-corrected chi connectivity index (χ1v) is 9.82. The molecule has 6 rings (SSSR count). The first-order valence-electron chi connectivity index (χ1n) is 9.82. The Hall–Kier alpha value is -2.37. The second-order valence-corrected chi connectivity index (χ2v) is 8.32. The minimum absolute atomic E-state index is 0.0554. The number of carbonyl (C=O) groups is 1. The number of benzene rings is 1. The van der Waals surface area contributed by atoms with Crippen LogP contribution in [0.15, 0.2) is 24.3 Å². The maximum absolute atomic E-state index is 12.8. The van der Waals surface area contributed by atoms with Crippen LogP contribution in [0.3, 0.4) is 0 Å². The normalized spacial score (nSPS) is 28.3. The molecule has 3 atom stereocenters. The predicted molar refractivity (Wildman–Crippen MR) is 95.6 cm³/mol. The summed E-state index contributed by atoms with van der Waals surface area (Å²) in [5.74, 6) is 3.96. The van der Waals surface area contributed by atoms with Crippen molar-refractivity contribution < 1.29 is 4.79 Å². The van der Waals surface area contributed by atoms with Crippen LogP contribution in [-0.2, 0) is 25.9 Å². The molecule has 26 heavy (non-hydrogen) atoms. The third-order valence-electron chi connectivity index (χ3n) is 6.61. The SMILES string of the molecule is O=C(N[C@@H]1[C@H]2Cc3ccccc3[C@H]21)N1CCn2c(CC3CC3)nnc2C1. The van der Waals surface area contributed by atoms with Gasteiger partial charge in [-0.25, -0.2) is 4.79 Å². The summed E-state index contributed by atoms with van der Waals surface area (Å²) in [4.78, 5) is 14.6. The third kappa shape index (κ3) is 2.27. The number of nitrogens with zero attached hydrogens (tertiary/aromatic N) is 4. The standard InChI is InChI=1S/C20H23N5O/c26-20(21-19-15-10-13-3-1-2-4-14(13)18(15)19)24-7-8-25-16(9-12-5-6-12)22-23-17(25)11-24/h1-4,12,15,18-19H,5-11H2,(H,21,26)/t15-,18+,19+/m0/s1. The summed E-state index contributed by atoms with van der Waals surface area (Å²) in [5.41, 5.74) is 2.90. The molecule has 2 heterocycles. The molecule has 0 saturated heterocycles. The van der Waals surface area contributed by atoms with Crippen LogP contribution in [0.2, 0.25) is 0 Å². The molecule has 2 amide bonds. The molecular formula is C20H23N5O. The van der Waals surface area contributed by atoms with Gasteiger partial charge in [0, 0.05) is 31.5 Å². The van der Waals surface area contributed by atoms with Crippen molar-refractivity contribution in [3.63, 3.8) is 0 Å². The van der Waals surface area contributed by atoms with Gasteiger partial charge in [-0.2, -0.15) is 0 Å². The van der Waals surface area contributed by atoms with Crippen LogP contribution in [0, 0.1) is 11.8 Å². The van der Waals surface area contributed by atoms with Crippen molar-refractivity contribution in [1.29, 1.82) is 0 Å². The van der Waals surface area contributed by atoms with Crippen LogP contribution >= 0.6 is 0 Å². The van der Waals surface area contributed by atoms with Gasteiger partial charge in [0.15, 0.2) is 5.82 Å². The number of amides is 2. The van der Waals surface area contributed by atoms with E-state index in [1.165, 1.54) is 24.0 Å². The highest BCUT2D eigenvalue weighted by Crippen LogP contribution is 2.56. The molecule has 0 bridgehead atoms. The van der Waals surface area contributed by atoms with Crippen molar-refractivity contribution in [2.45, 2.75) is 50.7 Å². The van der Waals surface area contributed by atoms with Crippen LogP contribution in [0.5, 0.6) is 0 Å². The molecule has 0 spiro atoms. The van der Waals surface area contributed by atoms with Gasteiger partial charge >= 0.3 is 6.03 Å². The number of aromatic nitrogens is 3. The maximum atomic E-state index is 12.8. The zero-order valence-corrected chi connectivity index (χ0v) is 14.8. The molecule has 1 aromatic carbocycles. The molecule has 3 aliphatic carbocycles. The largest absolute Gasteiger partial charge is 0.334 e. The topological polar surface area (TPSA) is 63.1 Å². The van der Waals surface area contributed by atoms with Crippen LogP contribution in [0.4, 0.5) is 4.79 Å². The second-order valence-electron chi connectivity index (χ2n) is 8.32. The minimum atomic E-state index is 0.0554. The number of rotatable bonds is 3. The van der Waals surface area contributed by atoms with E-state index in [-0.39, 0.29) is 6.03 Å². The molecule has 0 radical (unpaired) electrons. The average molecular weight is 349 g/mol. The number of carbonyl (C=O) groups excluding carboxylic acids is 1. The number of hydrogen-bond acceptors (Lipinski definition) is 3. The Morgan fingerprint density at radius 2 is 2.08 bits per heavy atom. The molecule has 6 heteroatoms. The molecule has 2 aromatic rings. The predicted octanol–water partition coefficient (Wildman–Crippen LogP) is 2.09. The lowest BCUT2D eigenvalue weighted by molar-refractivity contribution is 0.180. The highest BCUT2D eigenvalue weighted by Gasteiger charge is 2.56. The van der Waals surface area contributed by atoms with Crippen molar-refractivity contribution >= 4 is 6.03 Å². The van der Waals surface area contributed by atoms with E-state index in [0.29, 0.717) is 24.4 Å². The molecule has 1 aliphatic heterocycles. The number of urea groups is 1. The Kier molecular flexibility index (Phi) is 3.02. The first-order chi connectivity index (χ1) is 12.8. The summed E-state index contributed by atoms with van der Waals surface area (Å²) in [7, 11) is 0. The van der Waals surface area contributed by atoms with Gasteiger partial charge in [-0.1, -0.05) is 24.3 Å². The first kappa shape index (κ1) is 14.8. The number of hydrogen-bond donors (Lipinski definition) is 1. The summed E-state index contributed by atoms with van der Waals surface area (Å²) in [5, 5.41) is 12.0. The second kappa shape index (κ2) is 5.32. The molecular weight excluding hydrogens is 326 g/mol. The minimum Gasteiger partial charge on any atom is -0.334 e. The zero-order valence-electron chi connectivity index (χ0n) is 14.8. The van der Waals surface area contributed by atoms with Crippen molar-refractivity contribution in [3.05, 3.63) is 47.0 Å². The van der Waals surface area contributed by atoms with Gasteiger partial charge in [-0.15, -0.1) is 10.2 Å². The van der Waals surface area contributed by atoms with Crippen molar-refractivity contribution in [2.24, 2.45) is 11.8 Å². The van der Waals surface area contributed by atoms with Crippen LogP contribution in [0.25, 0.3) is 0 Å². The Morgan fingerprint density at radius 3 is 2.96 bits per heavy atom. The Balaban J connectivity index is 1.11. The smallest absolute Gasteiger partial charge is 0.318 e. The summed E-state index contributed by atoms with van der Waals surface area (Å²) in [6, 6.07) is 9.02. The summed E-state index contributed by atoms with van der Waals surface area (Å²) < 4.78 is 2.23. The van der Waals surface area contributed by atoms with Gasteiger partial charge < -0.3 is 14.8 Å². The van der Waals surface area contributed by atoms with Crippen molar-refractivity contribution in [2.75, 3.05) is 6.54 Å². The molecule has 1 N–H and O–H groups in total. The number of nitrogens with one attached hydrogen (secondary N) is 1. The van der Waals surface area contributed by atoms with Crippen molar-refractivity contribution in [3.8, 4) is 0 Å².